The molecule has 3 rings (SSSR count). The number of rotatable bonds is 4. The standard InChI is InChI=1S/C16H20N4O/c17-9-13-10-20(16(21)8-14-6-7-18-19-14)11-15(13)12-4-2-1-3-5-12/h1-7,13,15H,8-11,17H2,(H,18,19)/t13-,15+/m1/s1. The zero-order chi connectivity index (χ0) is 14.7. The number of aromatic amines is 1. The van der Waals surface area contributed by atoms with E-state index in [4.69, 9.17) is 5.73 Å². The third kappa shape index (κ3) is 2.97. The van der Waals surface area contributed by atoms with E-state index in [0.29, 0.717) is 24.8 Å². The Morgan fingerprint density at radius 1 is 1.29 bits per heavy atom. The van der Waals surface area contributed by atoms with Crippen molar-refractivity contribution in [2.75, 3.05) is 19.6 Å². The molecule has 2 heterocycles. The lowest BCUT2D eigenvalue weighted by Gasteiger charge is -2.16. The average Bonchev–Trinajstić information content (AvgIpc) is 3.17. The molecule has 0 unspecified atom stereocenters. The number of nitrogens with one attached hydrogen (secondary N) is 1. The number of nitrogens with two attached hydrogens (primary N) is 1. The molecule has 1 aromatic heterocycles. The fourth-order valence-corrected chi connectivity index (χ4v) is 3.05. The third-order valence-corrected chi connectivity index (χ3v) is 4.22. The van der Waals surface area contributed by atoms with Gasteiger partial charge < -0.3 is 10.6 Å². The number of H-pyrrole nitrogens is 1. The van der Waals surface area contributed by atoms with Gasteiger partial charge in [0.25, 0.3) is 0 Å². The van der Waals surface area contributed by atoms with E-state index in [1.165, 1.54) is 5.56 Å². The smallest absolute Gasteiger partial charge is 0.228 e. The fourth-order valence-electron chi connectivity index (χ4n) is 3.05. The van der Waals surface area contributed by atoms with Gasteiger partial charge in [0.05, 0.1) is 6.42 Å². The summed E-state index contributed by atoms with van der Waals surface area (Å²) in [6.07, 6.45) is 2.04. The van der Waals surface area contributed by atoms with Crippen LogP contribution in [0.3, 0.4) is 0 Å². The van der Waals surface area contributed by atoms with Crippen LogP contribution >= 0.6 is 0 Å². The first-order chi connectivity index (χ1) is 10.3. The Balaban J connectivity index is 1.70. The van der Waals surface area contributed by atoms with E-state index in [2.05, 4.69) is 22.3 Å². The first-order valence-corrected chi connectivity index (χ1v) is 7.29. The minimum atomic E-state index is 0.135. The van der Waals surface area contributed by atoms with Crippen molar-refractivity contribution >= 4 is 5.91 Å². The minimum Gasteiger partial charge on any atom is -0.341 e. The Morgan fingerprint density at radius 3 is 2.76 bits per heavy atom. The van der Waals surface area contributed by atoms with Gasteiger partial charge in [-0.3, -0.25) is 9.89 Å². The van der Waals surface area contributed by atoms with E-state index < -0.39 is 0 Å². The monoisotopic (exact) mass is 284 g/mol. The van der Waals surface area contributed by atoms with E-state index in [9.17, 15) is 4.79 Å². The number of carbonyl (C=O) groups is 1. The van der Waals surface area contributed by atoms with Crippen LogP contribution in [0.15, 0.2) is 42.6 Å². The van der Waals surface area contributed by atoms with Crippen molar-refractivity contribution in [3.8, 4) is 0 Å². The van der Waals surface area contributed by atoms with Gasteiger partial charge >= 0.3 is 0 Å². The summed E-state index contributed by atoms with van der Waals surface area (Å²) in [6, 6.07) is 12.2. The summed E-state index contributed by atoms with van der Waals surface area (Å²) >= 11 is 0. The van der Waals surface area contributed by atoms with Gasteiger partial charge in [-0.05, 0) is 24.1 Å². The quantitative estimate of drug-likeness (QED) is 0.884. The summed E-state index contributed by atoms with van der Waals surface area (Å²) in [5.41, 5.74) is 8.03. The molecule has 0 aliphatic carbocycles. The van der Waals surface area contributed by atoms with Crippen LogP contribution in [0.5, 0.6) is 0 Å². The highest BCUT2D eigenvalue weighted by molar-refractivity contribution is 5.78. The molecule has 1 aliphatic heterocycles. The van der Waals surface area contributed by atoms with Gasteiger partial charge in [0.2, 0.25) is 5.91 Å². The van der Waals surface area contributed by atoms with Crippen molar-refractivity contribution < 1.29 is 4.79 Å². The van der Waals surface area contributed by atoms with Gasteiger partial charge in [-0.25, -0.2) is 0 Å². The molecule has 5 nitrogen and oxygen atoms in total. The van der Waals surface area contributed by atoms with Crippen LogP contribution < -0.4 is 5.73 Å². The van der Waals surface area contributed by atoms with Crippen LogP contribution in [-0.2, 0) is 11.2 Å². The highest BCUT2D eigenvalue weighted by Crippen LogP contribution is 2.32. The normalized spacial score (nSPS) is 21.7. The van der Waals surface area contributed by atoms with Crippen LogP contribution in [0.2, 0.25) is 0 Å². The van der Waals surface area contributed by atoms with Crippen molar-refractivity contribution in [2.45, 2.75) is 12.3 Å². The molecule has 0 bridgehead atoms. The number of carbonyl (C=O) groups excluding carboxylic acids is 1. The van der Waals surface area contributed by atoms with Gasteiger partial charge in [-0.2, -0.15) is 5.10 Å². The van der Waals surface area contributed by atoms with Gasteiger partial charge in [-0.15, -0.1) is 0 Å². The Morgan fingerprint density at radius 2 is 2.10 bits per heavy atom. The van der Waals surface area contributed by atoms with E-state index in [0.717, 1.165) is 18.8 Å². The average molecular weight is 284 g/mol. The molecule has 21 heavy (non-hydrogen) atoms. The van der Waals surface area contributed by atoms with Crippen molar-refractivity contribution in [1.29, 1.82) is 0 Å². The number of nitrogens with zero attached hydrogens (tertiary/aromatic N) is 2. The van der Waals surface area contributed by atoms with E-state index in [1.54, 1.807) is 6.20 Å². The fraction of sp³-hybridized carbons (Fsp3) is 0.375. The summed E-state index contributed by atoms with van der Waals surface area (Å²) in [4.78, 5) is 14.3. The second-order valence-electron chi connectivity index (χ2n) is 5.57. The van der Waals surface area contributed by atoms with E-state index in [1.807, 2.05) is 29.2 Å². The lowest BCUT2D eigenvalue weighted by atomic mass is 9.89. The summed E-state index contributed by atoms with van der Waals surface area (Å²) in [5, 5.41) is 6.72. The predicted molar refractivity (Wildman–Crippen MR) is 80.6 cm³/mol. The van der Waals surface area contributed by atoms with Crippen LogP contribution in [0, 0.1) is 5.92 Å². The molecule has 1 aromatic carbocycles. The third-order valence-electron chi connectivity index (χ3n) is 4.22. The van der Waals surface area contributed by atoms with Crippen LogP contribution in [0.1, 0.15) is 17.2 Å². The Kier molecular flexibility index (Phi) is 4.01. The number of likely N-dealkylation sites (tertiary alicyclic amines) is 1. The molecule has 1 fully saturated rings. The van der Waals surface area contributed by atoms with Gasteiger partial charge in [0.1, 0.15) is 0 Å². The highest BCUT2D eigenvalue weighted by Gasteiger charge is 2.35. The zero-order valence-electron chi connectivity index (χ0n) is 11.9. The molecule has 2 atom stereocenters. The number of aromatic nitrogens is 2. The predicted octanol–water partition coefficient (Wildman–Crippen LogP) is 1.15. The number of hydrogen-bond acceptors (Lipinski definition) is 3. The molecular formula is C16H20N4O. The molecule has 1 amide bonds. The van der Waals surface area contributed by atoms with Crippen molar-refractivity contribution in [3.63, 3.8) is 0 Å². The molecular weight excluding hydrogens is 264 g/mol. The summed E-state index contributed by atoms with van der Waals surface area (Å²) < 4.78 is 0. The van der Waals surface area contributed by atoms with Crippen molar-refractivity contribution in [3.05, 3.63) is 53.9 Å². The van der Waals surface area contributed by atoms with Gasteiger partial charge in [0.15, 0.2) is 0 Å². The first-order valence-electron chi connectivity index (χ1n) is 7.29. The van der Waals surface area contributed by atoms with Crippen molar-refractivity contribution in [1.82, 2.24) is 15.1 Å². The topological polar surface area (TPSA) is 75.0 Å². The maximum absolute atomic E-state index is 12.4. The molecule has 1 aliphatic rings. The molecule has 0 spiro atoms. The Bertz CT molecular complexity index is 582. The number of hydrogen-bond donors (Lipinski definition) is 2. The van der Waals surface area contributed by atoms with E-state index in [-0.39, 0.29) is 5.91 Å². The first kappa shape index (κ1) is 13.8. The highest BCUT2D eigenvalue weighted by atomic mass is 16.2. The molecule has 0 radical (unpaired) electrons. The SMILES string of the molecule is NC[C@@H]1CN(C(=O)Cc2ccn[nH]2)C[C@H]1c1ccccc1. The Hall–Kier alpha value is -2.14. The largest absolute Gasteiger partial charge is 0.341 e. The maximum atomic E-state index is 12.4. The molecule has 110 valence electrons. The van der Waals surface area contributed by atoms with Crippen LogP contribution in [0.4, 0.5) is 0 Å². The minimum absolute atomic E-state index is 0.135. The molecule has 2 aromatic rings. The summed E-state index contributed by atoms with van der Waals surface area (Å²) in [5.74, 6) is 0.802. The lowest BCUT2D eigenvalue weighted by molar-refractivity contribution is -0.129. The van der Waals surface area contributed by atoms with Crippen LogP contribution in [0.25, 0.3) is 0 Å². The van der Waals surface area contributed by atoms with Crippen LogP contribution in [-0.4, -0.2) is 40.6 Å². The van der Waals surface area contributed by atoms with E-state index >= 15 is 0 Å². The molecule has 5 heteroatoms. The number of amides is 1. The molecule has 1 saturated heterocycles. The second kappa shape index (κ2) is 6.10. The maximum Gasteiger partial charge on any atom is 0.228 e. The molecule has 0 saturated carbocycles. The zero-order valence-corrected chi connectivity index (χ0v) is 11.9. The summed E-state index contributed by atoms with van der Waals surface area (Å²) in [6.45, 7) is 2.09. The second-order valence-corrected chi connectivity index (χ2v) is 5.57. The lowest BCUT2D eigenvalue weighted by Crippen LogP contribution is -2.31. The summed E-state index contributed by atoms with van der Waals surface area (Å²) in [7, 11) is 0. The number of benzene rings is 1. The van der Waals surface area contributed by atoms with Crippen molar-refractivity contribution in [2.24, 2.45) is 11.7 Å². The van der Waals surface area contributed by atoms with Gasteiger partial charge in [0, 0.05) is 30.9 Å². The Labute approximate surface area is 124 Å². The van der Waals surface area contributed by atoms with Gasteiger partial charge in [-0.1, -0.05) is 30.3 Å². The molecule has 3 N–H and O–H groups in total.